The monoisotopic (exact) mass is 428 g/mol. The molecule has 0 bridgehead atoms. The zero-order valence-corrected chi connectivity index (χ0v) is 18.5. The first-order valence-electron chi connectivity index (χ1n) is 11.1. The molecule has 6 heteroatoms. The molecule has 0 N–H and O–H groups in total. The normalized spacial score (nSPS) is 22.9. The van der Waals surface area contributed by atoms with Crippen LogP contribution in [0.5, 0.6) is 11.5 Å². The van der Waals surface area contributed by atoms with Crippen molar-refractivity contribution in [2.45, 2.75) is 64.5 Å². The van der Waals surface area contributed by atoms with Gasteiger partial charge in [-0.2, -0.15) is 0 Å². The second kappa shape index (κ2) is 10.5. The Bertz CT molecular complexity index is 840. The average Bonchev–Trinajstić information content (AvgIpc) is 2.78. The molecular formula is C25H32O6. The van der Waals surface area contributed by atoms with E-state index in [9.17, 15) is 0 Å². The highest BCUT2D eigenvalue weighted by molar-refractivity contribution is 5.37. The van der Waals surface area contributed by atoms with Crippen molar-refractivity contribution >= 4 is 0 Å². The molecule has 31 heavy (non-hydrogen) atoms. The first-order valence-corrected chi connectivity index (χ1v) is 11.1. The molecule has 0 amide bonds. The molecule has 0 radical (unpaired) electrons. The number of fused-ring (bicyclic) bond motifs is 2. The van der Waals surface area contributed by atoms with Gasteiger partial charge in [0.15, 0.2) is 12.6 Å². The number of hydrogen-bond donors (Lipinski definition) is 0. The molecule has 5 unspecified atom stereocenters. The maximum atomic E-state index is 6.15. The van der Waals surface area contributed by atoms with Gasteiger partial charge in [-0.15, -0.1) is 0 Å². The van der Waals surface area contributed by atoms with Crippen LogP contribution >= 0.6 is 0 Å². The van der Waals surface area contributed by atoms with E-state index in [1.54, 1.807) is 0 Å². The SMILES string of the molecule is CC(COC(C)OC1CCOc2ccccc21)OC(C)OC1CCOc2ccccc21. The quantitative estimate of drug-likeness (QED) is 0.513. The molecule has 0 spiro atoms. The van der Waals surface area contributed by atoms with E-state index >= 15 is 0 Å². The van der Waals surface area contributed by atoms with Gasteiger partial charge in [0.25, 0.3) is 0 Å². The maximum absolute atomic E-state index is 6.15. The topological polar surface area (TPSA) is 55.4 Å². The first kappa shape index (κ1) is 22.1. The van der Waals surface area contributed by atoms with E-state index in [0.29, 0.717) is 19.8 Å². The molecule has 2 aromatic carbocycles. The summed E-state index contributed by atoms with van der Waals surface area (Å²) in [5.74, 6) is 1.78. The summed E-state index contributed by atoms with van der Waals surface area (Å²) < 4.78 is 35.6. The van der Waals surface area contributed by atoms with Gasteiger partial charge in [-0.25, -0.2) is 0 Å². The van der Waals surface area contributed by atoms with E-state index in [-0.39, 0.29) is 30.9 Å². The van der Waals surface area contributed by atoms with Gasteiger partial charge in [0.05, 0.1) is 38.1 Å². The first-order chi connectivity index (χ1) is 15.1. The van der Waals surface area contributed by atoms with Crippen LogP contribution < -0.4 is 9.47 Å². The summed E-state index contributed by atoms with van der Waals surface area (Å²) in [5.41, 5.74) is 2.15. The second-order valence-electron chi connectivity index (χ2n) is 8.01. The van der Waals surface area contributed by atoms with Crippen molar-refractivity contribution in [2.24, 2.45) is 0 Å². The smallest absolute Gasteiger partial charge is 0.156 e. The molecular weight excluding hydrogens is 396 g/mol. The van der Waals surface area contributed by atoms with Crippen LogP contribution in [-0.4, -0.2) is 38.5 Å². The molecule has 0 fully saturated rings. The summed E-state index contributed by atoms with van der Waals surface area (Å²) in [4.78, 5) is 0. The Balaban J connectivity index is 1.21. The zero-order valence-electron chi connectivity index (χ0n) is 18.5. The van der Waals surface area contributed by atoms with E-state index < -0.39 is 0 Å². The van der Waals surface area contributed by atoms with Gasteiger partial charge in [0.1, 0.15) is 11.5 Å². The molecule has 5 atom stereocenters. The molecule has 0 aliphatic carbocycles. The van der Waals surface area contributed by atoms with Crippen molar-refractivity contribution < 1.29 is 28.4 Å². The summed E-state index contributed by atoms with van der Waals surface area (Å²) in [5, 5.41) is 0. The van der Waals surface area contributed by atoms with Crippen LogP contribution in [0.15, 0.2) is 48.5 Å². The van der Waals surface area contributed by atoms with Gasteiger partial charge < -0.3 is 28.4 Å². The third kappa shape index (κ3) is 5.77. The Morgan fingerprint density at radius 2 is 1.29 bits per heavy atom. The zero-order chi connectivity index (χ0) is 21.6. The molecule has 0 aromatic heterocycles. The molecule has 0 saturated heterocycles. The minimum atomic E-state index is -0.353. The summed E-state index contributed by atoms with van der Waals surface area (Å²) in [6.45, 7) is 7.55. The van der Waals surface area contributed by atoms with Crippen LogP contribution in [0.4, 0.5) is 0 Å². The second-order valence-corrected chi connectivity index (χ2v) is 8.01. The van der Waals surface area contributed by atoms with Gasteiger partial charge >= 0.3 is 0 Å². The Morgan fingerprint density at radius 1 is 0.774 bits per heavy atom. The summed E-state index contributed by atoms with van der Waals surface area (Å²) >= 11 is 0. The highest BCUT2D eigenvalue weighted by atomic mass is 16.7. The Kier molecular flexibility index (Phi) is 7.45. The van der Waals surface area contributed by atoms with E-state index in [1.165, 1.54) is 0 Å². The number of hydrogen-bond acceptors (Lipinski definition) is 6. The highest BCUT2D eigenvalue weighted by Gasteiger charge is 2.26. The fourth-order valence-corrected chi connectivity index (χ4v) is 4.07. The summed E-state index contributed by atoms with van der Waals surface area (Å²) in [6.07, 6.45) is 0.754. The Hall–Kier alpha value is -2.12. The van der Waals surface area contributed by atoms with Crippen molar-refractivity contribution in [1.29, 1.82) is 0 Å². The number of rotatable bonds is 9. The molecule has 2 aliphatic rings. The summed E-state index contributed by atoms with van der Waals surface area (Å²) in [7, 11) is 0. The van der Waals surface area contributed by atoms with Crippen molar-refractivity contribution in [3.05, 3.63) is 59.7 Å². The standard InChI is InChI=1S/C25H32O6/c1-17(29-19(3)31-25-13-15-27-23-11-7-5-9-21(23)25)16-28-18(2)30-24-12-14-26-22-10-6-4-8-20(22)24/h4-11,17-19,24-25H,12-16H2,1-3H3. The average molecular weight is 429 g/mol. The fraction of sp³-hybridized carbons (Fsp3) is 0.520. The lowest BCUT2D eigenvalue weighted by molar-refractivity contribution is -0.220. The van der Waals surface area contributed by atoms with E-state index in [4.69, 9.17) is 28.4 Å². The third-order valence-electron chi connectivity index (χ3n) is 5.51. The van der Waals surface area contributed by atoms with E-state index in [0.717, 1.165) is 35.5 Å². The van der Waals surface area contributed by atoms with Crippen LogP contribution in [0.3, 0.4) is 0 Å². The Morgan fingerprint density at radius 3 is 1.87 bits per heavy atom. The molecule has 168 valence electrons. The van der Waals surface area contributed by atoms with Crippen LogP contribution in [0.2, 0.25) is 0 Å². The minimum absolute atomic E-state index is 0.0213. The molecule has 2 aliphatic heterocycles. The van der Waals surface area contributed by atoms with Crippen LogP contribution in [0, 0.1) is 0 Å². The lowest BCUT2D eigenvalue weighted by Gasteiger charge is -2.30. The molecule has 4 rings (SSSR count). The number of ether oxygens (including phenoxy) is 6. The maximum Gasteiger partial charge on any atom is 0.156 e. The van der Waals surface area contributed by atoms with Gasteiger partial charge in [-0.1, -0.05) is 36.4 Å². The number of benzene rings is 2. The Labute approximate surface area is 184 Å². The van der Waals surface area contributed by atoms with Crippen molar-refractivity contribution in [3.63, 3.8) is 0 Å². The minimum Gasteiger partial charge on any atom is -0.493 e. The predicted molar refractivity (Wildman–Crippen MR) is 116 cm³/mol. The van der Waals surface area contributed by atoms with E-state index in [1.807, 2.05) is 69.3 Å². The van der Waals surface area contributed by atoms with Crippen molar-refractivity contribution in [2.75, 3.05) is 19.8 Å². The fourth-order valence-electron chi connectivity index (χ4n) is 4.07. The third-order valence-corrected chi connectivity index (χ3v) is 5.51. The van der Waals surface area contributed by atoms with Crippen molar-refractivity contribution in [3.8, 4) is 11.5 Å². The van der Waals surface area contributed by atoms with Gasteiger partial charge in [-0.05, 0) is 32.9 Å². The van der Waals surface area contributed by atoms with Gasteiger partial charge in [-0.3, -0.25) is 0 Å². The molecule has 2 aromatic rings. The molecule has 2 heterocycles. The lowest BCUT2D eigenvalue weighted by atomic mass is 10.0. The van der Waals surface area contributed by atoms with Crippen LogP contribution in [0.25, 0.3) is 0 Å². The highest BCUT2D eigenvalue weighted by Crippen LogP contribution is 2.36. The molecule has 6 nitrogen and oxygen atoms in total. The van der Waals surface area contributed by atoms with Gasteiger partial charge in [0, 0.05) is 24.0 Å². The van der Waals surface area contributed by atoms with Crippen LogP contribution in [-0.2, 0) is 18.9 Å². The molecule has 0 saturated carbocycles. The summed E-state index contributed by atoms with van der Waals surface area (Å²) in [6, 6.07) is 16.0. The van der Waals surface area contributed by atoms with E-state index in [2.05, 4.69) is 0 Å². The van der Waals surface area contributed by atoms with Crippen LogP contribution in [0.1, 0.15) is 56.9 Å². The lowest BCUT2D eigenvalue weighted by Crippen LogP contribution is -2.29. The largest absolute Gasteiger partial charge is 0.493 e. The number of para-hydroxylation sites is 2. The van der Waals surface area contributed by atoms with Gasteiger partial charge in [0.2, 0.25) is 0 Å². The predicted octanol–water partition coefficient (Wildman–Crippen LogP) is 5.18. The van der Waals surface area contributed by atoms with Crippen molar-refractivity contribution in [1.82, 2.24) is 0 Å².